The summed E-state index contributed by atoms with van der Waals surface area (Å²) in [5.74, 6) is 0. The molecule has 0 unspecified atom stereocenters. The minimum absolute atomic E-state index is 0.813. The Morgan fingerprint density at radius 2 is 1.60 bits per heavy atom. The highest BCUT2D eigenvalue weighted by molar-refractivity contribution is 5.38. The van der Waals surface area contributed by atoms with E-state index < -0.39 is 0 Å². The molecule has 1 heterocycles. The van der Waals surface area contributed by atoms with Crippen molar-refractivity contribution in [3.63, 3.8) is 0 Å². The summed E-state index contributed by atoms with van der Waals surface area (Å²) in [7, 11) is 0. The Labute approximate surface area is 90.0 Å². The third-order valence-electron chi connectivity index (χ3n) is 2.40. The van der Waals surface area contributed by atoms with Crippen LogP contribution in [0.15, 0.2) is 48.8 Å². The van der Waals surface area contributed by atoms with E-state index in [9.17, 15) is 0 Å². The number of hydrogen-bond acceptors (Lipinski definition) is 1. The van der Waals surface area contributed by atoms with E-state index in [0.717, 1.165) is 12.2 Å². The molecule has 0 bridgehead atoms. The summed E-state index contributed by atoms with van der Waals surface area (Å²) in [6.45, 7) is 2.98. The minimum atomic E-state index is 0.813. The zero-order valence-electron chi connectivity index (χ0n) is 8.85. The number of aryl methyl sites for hydroxylation is 1. The van der Waals surface area contributed by atoms with E-state index in [1.807, 2.05) is 12.1 Å². The van der Waals surface area contributed by atoms with Crippen LogP contribution in [-0.4, -0.2) is 0 Å². The Kier molecular flexibility index (Phi) is 2.68. The summed E-state index contributed by atoms with van der Waals surface area (Å²) in [5.41, 5.74) is 8.99. The molecule has 0 spiro atoms. The zero-order valence-corrected chi connectivity index (χ0v) is 8.85. The van der Waals surface area contributed by atoms with Crippen LogP contribution in [0.25, 0.3) is 0 Å². The van der Waals surface area contributed by atoms with Crippen molar-refractivity contribution in [2.75, 3.05) is 5.73 Å². The van der Waals surface area contributed by atoms with Gasteiger partial charge in [0.05, 0.1) is 0 Å². The smallest absolute Gasteiger partial charge is 0.173 e. The number of nitrogens with zero attached hydrogens (tertiary/aromatic N) is 1. The van der Waals surface area contributed by atoms with Crippen LogP contribution in [0, 0.1) is 6.92 Å². The first-order valence-corrected chi connectivity index (χ1v) is 5.04. The van der Waals surface area contributed by atoms with Gasteiger partial charge < -0.3 is 5.73 Å². The van der Waals surface area contributed by atoms with Gasteiger partial charge in [0, 0.05) is 23.4 Å². The number of pyridine rings is 1. The van der Waals surface area contributed by atoms with Crippen molar-refractivity contribution >= 4 is 5.69 Å². The van der Waals surface area contributed by atoms with Crippen LogP contribution in [0.2, 0.25) is 0 Å². The van der Waals surface area contributed by atoms with Crippen LogP contribution in [0.5, 0.6) is 0 Å². The fourth-order valence-corrected chi connectivity index (χ4v) is 1.47. The number of anilines is 1. The molecule has 0 fully saturated rings. The Bertz CT molecular complexity index is 386. The van der Waals surface area contributed by atoms with Crippen LogP contribution < -0.4 is 10.3 Å². The van der Waals surface area contributed by atoms with Crippen LogP contribution in [0.3, 0.4) is 0 Å². The molecule has 0 saturated carbocycles. The lowest BCUT2D eigenvalue weighted by Gasteiger charge is -1.98. The number of hydrogen-bond donors (Lipinski definition) is 1. The van der Waals surface area contributed by atoms with E-state index in [4.69, 9.17) is 5.73 Å². The summed E-state index contributed by atoms with van der Waals surface area (Å²) in [6.07, 6.45) is 4.18. The van der Waals surface area contributed by atoms with Crippen molar-refractivity contribution in [3.05, 3.63) is 59.9 Å². The summed E-state index contributed by atoms with van der Waals surface area (Å²) in [4.78, 5) is 0. The Morgan fingerprint density at radius 3 is 2.20 bits per heavy atom. The van der Waals surface area contributed by atoms with Crippen molar-refractivity contribution < 1.29 is 4.57 Å². The van der Waals surface area contributed by atoms with Gasteiger partial charge in [0.2, 0.25) is 0 Å². The molecule has 1 aromatic heterocycles. The highest BCUT2D eigenvalue weighted by Gasteiger charge is 2.01. The van der Waals surface area contributed by atoms with E-state index in [-0.39, 0.29) is 0 Å². The number of rotatable bonds is 2. The molecule has 0 amide bonds. The predicted octanol–water partition coefficient (Wildman–Crippen LogP) is 1.91. The van der Waals surface area contributed by atoms with E-state index in [0.29, 0.717) is 0 Å². The topological polar surface area (TPSA) is 29.9 Å². The maximum atomic E-state index is 5.63. The van der Waals surface area contributed by atoms with Crippen molar-refractivity contribution in [2.45, 2.75) is 13.5 Å². The highest BCUT2D eigenvalue weighted by Crippen LogP contribution is 2.04. The standard InChI is InChI=1S/C13H15N2/c1-11-6-8-15(9-7-11)10-12-2-4-13(14)5-3-12/h2-9H,10,14H2,1H3/q+1. The largest absolute Gasteiger partial charge is 0.399 e. The lowest BCUT2D eigenvalue weighted by atomic mass is 10.2. The molecular weight excluding hydrogens is 184 g/mol. The van der Waals surface area contributed by atoms with Gasteiger partial charge >= 0.3 is 0 Å². The fraction of sp³-hybridized carbons (Fsp3) is 0.154. The fourth-order valence-electron chi connectivity index (χ4n) is 1.47. The van der Waals surface area contributed by atoms with Crippen LogP contribution in [0.1, 0.15) is 11.1 Å². The summed E-state index contributed by atoms with van der Waals surface area (Å²) < 4.78 is 2.15. The van der Waals surface area contributed by atoms with Crippen LogP contribution in [0.4, 0.5) is 5.69 Å². The molecule has 0 radical (unpaired) electrons. The summed E-state index contributed by atoms with van der Waals surface area (Å²) in [6, 6.07) is 12.2. The summed E-state index contributed by atoms with van der Waals surface area (Å²) in [5, 5.41) is 0. The van der Waals surface area contributed by atoms with E-state index in [1.165, 1.54) is 11.1 Å². The third kappa shape index (κ3) is 2.56. The second-order valence-corrected chi connectivity index (χ2v) is 3.79. The Balaban J connectivity index is 2.15. The number of benzene rings is 1. The van der Waals surface area contributed by atoms with Gasteiger partial charge in [-0.25, -0.2) is 4.57 Å². The van der Waals surface area contributed by atoms with Crippen molar-refractivity contribution in [2.24, 2.45) is 0 Å². The highest BCUT2D eigenvalue weighted by atomic mass is 14.9. The molecule has 76 valence electrons. The normalized spacial score (nSPS) is 10.2. The number of nitrogens with two attached hydrogens (primary N) is 1. The van der Waals surface area contributed by atoms with Crippen molar-refractivity contribution in [1.29, 1.82) is 0 Å². The van der Waals surface area contributed by atoms with Gasteiger partial charge in [0.25, 0.3) is 0 Å². The van der Waals surface area contributed by atoms with Crippen LogP contribution >= 0.6 is 0 Å². The van der Waals surface area contributed by atoms with Crippen LogP contribution in [-0.2, 0) is 6.54 Å². The molecule has 2 rings (SSSR count). The molecule has 2 N–H and O–H groups in total. The first kappa shape index (κ1) is 9.71. The van der Waals surface area contributed by atoms with E-state index in [1.54, 1.807) is 0 Å². The third-order valence-corrected chi connectivity index (χ3v) is 2.40. The van der Waals surface area contributed by atoms with E-state index in [2.05, 4.69) is 48.1 Å². The van der Waals surface area contributed by atoms with Gasteiger partial charge in [-0.3, -0.25) is 0 Å². The van der Waals surface area contributed by atoms with Gasteiger partial charge in [0.1, 0.15) is 0 Å². The Hall–Kier alpha value is -1.83. The van der Waals surface area contributed by atoms with Crippen molar-refractivity contribution in [3.8, 4) is 0 Å². The van der Waals surface area contributed by atoms with Gasteiger partial charge in [-0.2, -0.15) is 0 Å². The monoisotopic (exact) mass is 199 g/mol. The molecule has 15 heavy (non-hydrogen) atoms. The van der Waals surface area contributed by atoms with Gasteiger partial charge in [-0.05, 0) is 24.6 Å². The van der Waals surface area contributed by atoms with Gasteiger partial charge in [0.15, 0.2) is 18.9 Å². The van der Waals surface area contributed by atoms with Crippen molar-refractivity contribution in [1.82, 2.24) is 0 Å². The zero-order chi connectivity index (χ0) is 10.7. The molecule has 0 saturated heterocycles. The van der Waals surface area contributed by atoms with E-state index >= 15 is 0 Å². The predicted molar refractivity (Wildman–Crippen MR) is 61.3 cm³/mol. The first-order valence-electron chi connectivity index (χ1n) is 5.04. The Morgan fingerprint density at radius 1 is 1.00 bits per heavy atom. The molecule has 2 heteroatoms. The second kappa shape index (κ2) is 4.13. The molecule has 1 aromatic carbocycles. The molecular formula is C13H15N2+. The lowest BCUT2D eigenvalue weighted by Crippen LogP contribution is -2.33. The van der Waals surface area contributed by atoms with Gasteiger partial charge in [-0.15, -0.1) is 0 Å². The lowest BCUT2D eigenvalue weighted by molar-refractivity contribution is -0.688. The maximum absolute atomic E-state index is 5.63. The number of nitrogen functional groups attached to an aromatic ring is 1. The first-order chi connectivity index (χ1) is 7.24. The SMILES string of the molecule is Cc1cc[n+](Cc2ccc(N)cc2)cc1. The molecule has 0 atom stereocenters. The average molecular weight is 199 g/mol. The summed E-state index contributed by atoms with van der Waals surface area (Å²) >= 11 is 0. The van der Waals surface area contributed by atoms with Gasteiger partial charge in [-0.1, -0.05) is 12.1 Å². The molecule has 2 aromatic rings. The quantitative estimate of drug-likeness (QED) is 0.581. The number of aromatic nitrogens is 1. The minimum Gasteiger partial charge on any atom is -0.399 e. The molecule has 0 aliphatic heterocycles. The molecule has 2 nitrogen and oxygen atoms in total. The maximum Gasteiger partial charge on any atom is 0.173 e. The molecule has 0 aliphatic rings. The molecule has 0 aliphatic carbocycles. The average Bonchev–Trinajstić information content (AvgIpc) is 2.25. The second-order valence-electron chi connectivity index (χ2n) is 3.79.